The maximum atomic E-state index is 12.0. The highest BCUT2D eigenvalue weighted by atomic mass is 16.2. The van der Waals surface area contributed by atoms with Crippen molar-refractivity contribution in [3.8, 4) is 0 Å². The van der Waals surface area contributed by atoms with Gasteiger partial charge in [-0.25, -0.2) is 0 Å². The Bertz CT molecular complexity index is 424. The van der Waals surface area contributed by atoms with Crippen molar-refractivity contribution in [1.82, 2.24) is 9.80 Å². The van der Waals surface area contributed by atoms with E-state index >= 15 is 0 Å². The number of guanidine groups is 1. The van der Waals surface area contributed by atoms with E-state index < -0.39 is 17.7 Å². The minimum absolute atomic E-state index is 0.114. The number of amides is 2. The maximum absolute atomic E-state index is 12.0. The molecule has 2 aliphatic rings. The molecule has 0 radical (unpaired) electrons. The lowest BCUT2D eigenvalue weighted by molar-refractivity contribution is -0.145. The minimum atomic E-state index is -1.21. The Morgan fingerprint density at radius 1 is 1.35 bits per heavy atom. The van der Waals surface area contributed by atoms with E-state index in [4.69, 9.17) is 0 Å². The molecule has 0 saturated heterocycles. The third kappa shape index (κ3) is 1.94. The summed E-state index contributed by atoms with van der Waals surface area (Å²) in [7, 11) is 4.92. The van der Waals surface area contributed by atoms with Crippen LogP contribution in [0.2, 0.25) is 0 Å². The summed E-state index contributed by atoms with van der Waals surface area (Å²) in [6, 6.07) is 0. The molecule has 0 N–H and O–H groups in total. The van der Waals surface area contributed by atoms with Gasteiger partial charge >= 0.3 is 0 Å². The van der Waals surface area contributed by atoms with E-state index in [0.29, 0.717) is 0 Å². The summed E-state index contributed by atoms with van der Waals surface area (Å²) in [6.07, 6.45) is 1.56. The van der Waals surface area contributed by atoms with Crippen molar-refractivity contribution in [2.75, 3.05) is 21.1 Å². The molecule has 92 valence electrons. The van der Waals surface area contributed by atoms with E-state index in [1.54, 1.807) is 19.0 Å². The Hall–Kier alpha value is -1.72. The molecule has 0 spiro atoms. The number of hydrogen-bond donors (Lipinski definition) is 0. The fraction of sp³-hybridized carbons (Fsp3) is 0.636. The highest BCUT2D eigenvalue weighted by Crippen LogP contribution is 2.34. The molecule has 6 nitrogen and oxygen atoms in total. The van der Waals surface area contributed by atoms with E-state index in [2.05, 4.69) is 4.99 Å². The lowest BCUT2D eigenvalue weighted by Crippen LogP contribution is -2.52. The molecule has 17 heavy (non-hydrogen) atoms. The first-order valence-corrected chi connectivity index (χ1v) is 5.54. The predicted octanol–water partition coefficient (Wildman–Crippen LogP) is -0.502. The van der Waals surface area contributed by atoms with Crippen molar-refractivity contribution in [1.29, 1.82) is 0 Å². The maximum Gasteiger partial charge on any atom is 0.269 e. The molecule has 1 atom stereocenters. The minimum Gasteiger partial charge on any atom is -0.348 e. The van der Waals surface area contributed by atoms with E-state index in [1.807, 2.05) is 0 Å². The topological polar surface area (TPSA) is 70.0 Å². The van der Waals surface area contributed by atoms with E-state index in [9.17, 15) is 14.4 Å². The number of rotatable bonds is 2. The monoisotopic (exact) mass is 237 g/mol. The Labute approximate surface area is 99.3 Å². The second-order valence-electron chi connectivity index (χ2n) is 4.65. The highest BCUT2D eigenvalue weighted by Gasteiger charge is 2.46. The van der Waals surface area contributed by atoms with Crippen molar-refractivity contribution in [2.24, 2.45) is 16.8 Å². The zero-order valence-electron chi connectivity index (χ0n) is 10.1. The van der Waals surface area contributed by atoms with Gasteiger partial charge in [0.15, 0.2) is 11.7 Å². The van der Waals surface area contributed by atoms with Gasteiger partial charge in [0, 0.05) is 27.1 Å². The van der Waals surface area contributed by atoms with Gasteiger partial charge < -0.3 is 4.90 Å². The van der Waals surface area contributed by atoms with Gasteiger partial charge in [0.25, 0.3) is 5.91 Å². The summed E-state index contributed by atoms with van der Waals surface area (Å²) < 4.78 is 0. The van der Waals surface area contributed by atoms with Crippen LogP contribution in [-0.4, -0.2) is 54.5 Å². The molecule has 1 aliphatic heterocycles. The van der Waals surface area contributed by atoms with Crippen LogP contribution in [0.15, 0.2) is 4.99 Å². The summed E-state index contributed by atoms with van der Waals surface area (Å²) in [4.78, 5) is 42.3. The van der Waals surface area contributed by atoms with Gasteiger partial charge in [-0.2, -0.15) is 4.99 Å². The van der Waals surface area contributed by atoms with Gasteiger partial charge in [0.05, 0.1) is 0 Å². The molecule has 0 aromatic rings. The van der Waals surface area contributed by atoms with E-state index in [1.165, 1.54) is 11.9 Å². The van der Waals surface area contributed by atoms with Crippen molar-refractivity contribution in [3.05, 3.63) is 0 Å². The summed E-state index contributed by atoms with van der Waals surface area (Å²) in [5.41, 5.74) is 0. The van der Waals surface area contributed by atoms with Crippen LogP contribution < -0.4 is 0 Å². The van der Waals surface area contributed by atoms with Crippen LogP contribution in [0, 0.1) is 11.8 Å². The first kappa shape index (κ1) is 11.8. The Morgan fingerprint density at radius 3 is 2.41 bits per heavy atom. The molecule has 1 unspecified atom stereocenters. The molecule has 6 heteroatoms. The molecule has 1 aliphatic carbocycles. The standard InChI is InChI=1S/C11H15N3O3/c1-13(2)11-12-9(16)7(10(17)14(11)3)8(15)6-4-5-6/h6-7H,4-5H2,1-3H3. The fourth-order valence-electron chi connectivity index (χ4n) is 1.88. The number of hydrogen-bond acceptors (Lipinski definition) is 4. The number of nitrogens with zero attached hydrogens (tertiary/aromatic N) is 3. The van der Waals surface area contributed by atoms with Gasteiger partial charge in [-0.15, -0.1) is 0 Å². The van der Waals surface area contributed by atoms with Gasteiger partial charge in [0.2, 0.25) is 11.9 Å². The second-order valence-corrected chi connectivity index (χ2v) is 4.65. The molecule has 1 saturated carbocycles. The summed E-state index contributed by atoms with van der Waals surface area (Å²) in [6.45, 7) is 0. The largest absolute Gasteiger partial charge is 0.348 e. The van der Waals surface area contributed by atoms with Crippen LogP contribution in [0.25, 0.3) is 0 Å². The Morgan fingerprint density at radius 2 is 1.94 bits per heavy atom. The third-order valence-electron chi connectivity index (χ3n) is 3.00. The number of carbonyl (C=O) groups excluding carboxylic acids is 3. The van der Waals surface area contributed by atoms with E-state index in [0.717, 1.165) is 12.8 Å². The summed E-state index contributed by atoms with van der Waals surface area (Å²) in [5, 5.41) is 0. The summed E-state index contributed by atoms with van der Waals surface area (Å²) >= 11 is 0. The lowest BCUT2D eigenvalue weighted by atomic mass is 9.97. The molecular weight excluding hydrogens is 222 g/mol. The molecule has 0 bridgehead atoms. The van der Waals surface area contributed by atoms with Gasteiger partial charge in [-0.3, -0.25) is 19.3 Å². The zero-order valence-corrected chi connectivity index (χ0v) is 10.1. The number of carbonyl (C=O) groups is 3. The molecule has 0 aromatic heterocycles. The van der Waals surface area contributed by atoms with Crippen molar-refractivity contribution >= 4 is 23.6 Å². The Kier molecular flexibility index (Phi) is 2.73. The van der Waals surface area contributed by atoms with Crippen molar-refractivity contribution in [3.63, 3.8) is 0 Å². The smallest absolute Gasteiger partial charge is 0.269 e. The van der Waals surface area contributed by atoms with Crippen molar-refractivity contribution in [2.45, 2.75) is 12.8 Å². The highest BCUT2D eigenvalue weighted by molar-refractivity contribution is 6.26. The first-order chi connectivity index (χ1) is 7.93. The number of ketones is 1. The molecule has 0 aromatic carbocycles. The fourth-order valence-corrected chi connectivity index (χ4v) is 1.88. The van der Waals surface area contributed by atoms with Crippen LogP contribution in [0.1, 0.15) is 12.8 Å². The third-order valence-corrected chi connectivity index (χ3v) is 3.00. The van der Waals surface area contributed by atoms with Crippen LogP contribution in [0.3, 0.4) is 0 Å². The molecular formula is C11H15N3O3. The first-order valence-electron chi connectivity index (χ1n) is 5.54. The second kappa shape index (κ2) is 3.94. The average Bonchev–Trinajstić information content (AvgIpc) is 3.06. The quantitative estimate of drug-likeness (QED) is 0.607. The molecule has 1 fully saturated rings. The predicted molar refractivity (Wildman–Crippen MR) is 60.1 cm³/mol. The van der Waals surface area contributed by atoms with E-state index in [-0.39, 0.29) is 17.7 Å². The number of Topliss-reactive ketones (excluding diaryl/α,β-unsaturated/α-hetero) is 1. The SMILES string of the molecule is CN(C)C1=NC(=O)C(C(=O)C2CC2)C(=O)N1C. The number of aliphatic imine (C=N–C) groups is 1. The van der Waals surface area contributed by atoms with Gasteiger partial charge in [-0.05, 0) is 12.8 Å². The average molecular weight is 237 g/mol. The van der Waals surface area contributed by atoms with Crippen LogP contribution >= 0.6 is 0 Å². The molecule has 2 amide bonds. The summed E-state index contributed by atoms with van der Waals surface area (Å²) in [5.74, 6) is -2.42. The molecule has 2 rings (SSSR count). The van der Waals surface area contributed by atoms with Gasteiger partial charge in [-0.1, -0.05) is 0 Å². The zero-order chi connectivity index (χ0) is 12.7. The Balaban J connectivity index is 2.29. The van der Waals surface area contributed by atoms with Crippen LogP contribution in [0.5, 0.6) is 0 Å². The molecule has 1 heterocycles. The van der Waals surface area contributed by atoms with Crippen molar-refractivity contribution < 1.29 is 14.4 Å². The lowest BCUT2D eigenvalue weighted by Gasteiger charge is -2.30. The normalized spacial score (nSPS) is 24.8. The van der Waals surface area contributed by atoms with Crippen LogP contribution in [0.4, 0.5) is 0 Å². The van der Waals surface area contributed by atoms with Gasteiger partial charge in [0.1, 0.15) is 0 Å². The van der Waals surface area contributed by atoms with Crippen LogP contribution in [-0.2, 0) is 14.4 Å².